The van der Waals surface area contributed by atoms with Gasteiger partial charge in [0.2, 0.25) is 0 Å². The normalized spacial score (nSPS) is 23.2. The first-order valence-corrected chi connectivity index (χ1v) is 11.2. The van der Waals surface area contributed by atoms with Gasteiger partial charge in [-0.2, -0.15) is 0 Å². The van der Waals surface area contributed by atoms with Crippen molar-refractivity contribution in [3.63, 3.8) is 0 Å². The molecule has 0 amide bonds. The fourth-order valence-electron chi connectivity index (χ4n) is 4.15. The molecule has 4 atom stereocenters. The van der Waals surface area contributed by atoms with Gasteiger partial charge in [-0.3, -0.25) is 4.79 Å². The number of hydrogen-bond donors (Lipinski definition) is 0. The predicted octanol–water partition coefficient (Wildman–Crippen LogP) is 5.35. The summed E-state index contributed by atoms with van der Waals surface area (Å²) in [5.74, 6) is 0.120. The fourth-order valence-corrected chi connectivity index (χ4v) is 4.15. The molecule has 0 saturated heterocycles. The Morgan fingerprint density at radius 3 is 1.50 bits per heavy atom. The third-order valence-electron chi connectivity index (χ3n) is 5.87. The van der Waals surface area contributed by atoms with Crippen LogP contribution in [0.25, 0.3) is 0 Å². The van der Waals surface area contributed by atoms with Crippen molar-refractivity contribution in [2.24, 2.45) is 5.92 Å². The summed E-state index contributed by atoms with van der Waals surface area (Å²) in [6.45, 7) is 3.30. The maximum absolute atomic E-state index is 13.0. The van der Waals surface area contributed by atoms with Crippen LogP contribution in [0.1, 0.15) is 30.0 Å². The Hall–Kier alpha value is -2.79. The van der Waals surface area contributed by atoms with E-state index in [4.69, 9.17) is 14.2 Å². The summed E-state index contributed by atoms with van der Waals surface area (Å²) in [7, 11) is 0. The largest absolute Gasteiger partial charge is 0.370 e. The Morgan fingerprint density at radius 2 is 1.03 bits per heavy atom. The molecule has 3 aromatic rings. The lowest BCUT2D eigenvalue weighted by Gasteiger charge is -2.40. The zero-order chi connectivity index (χ0) is 22.2. The van der Waals surface area contributed by atoms with E-state index < -0.39 is 12.2 Å². The van der Waals surface area contributed by atoms with Gasteiger partial charge in [0.25, 0.3) is 0 Å². The van der Waals surface area contributed by atoms with E-state index in [9.17, 15) is 4.79 Å². The lowest BCUT2D eigenvalue weighted by atomic mass is 9.82. The van der Waals surface area contributed by atoms with Gasteiger partial charge in [-0.1, -0.05) is 97.9 Å². The summed E-state index contributed by atoms with van der Waals surface area (Å²) in [6.07, 6.45) is -0.948. The number of carbonyl (C=O) groups is 1. The van der Waals surface area contributed by atoms with Crippen molar-refractivity contribution in [2.45, 2.75) is 51.5 Å². The maximum atomic E-state index is 13.0. The van der Waals surface area contributed by atoms with Crippen molar-refractivity contribution in [2.75, 3.05) is 0 Å². The molecule has 0 aliphatic heterocycles. The van der Waals surface area contributed by atoms with E-state index in [0.29, 0.717) is 26.2 Å². The molecule has 0 N–H and O–H groups in total. The first kappa shape index (κ1) is 22.4. The standard InChI is InChI=1S/C28H30O4/c1-21-17-25(29)27(31-19-23-13-7-3-8-14-23)28(32-20-24-15-9-4-10-16-24)26(21)30-18-22-11-5-2-6-12-22/h2-16,21,26-28H,17-20H2,1H3. The molecule has 4 heteroatoms. The first-order valence-electron chi connectivity index (χ1n) is 11.2. The van der Waals surface area contributed by atoms with Crippen LogP contribution in [0.2, 0.25) is 0 Å². The van der Waals surface area contributed by atoms with Crippen LogP contribution in [0.15, 0.2) is 91.0 Å². The SMILES string of the molecule is CC1CC(=O)C(OCc2ccccc2)C(OCc2ccccc2)C1OCc1ccccc1. The lowest BCUT2D eigenvalue weighted by Crippen LogP contribution is -2.54. The van der Waals surface area contributed by atoms with E-state index in [0.717, 1.165) is 16.7 Å². The van der Waals surface area contributed by atoms with Gasteiger partial charge in [0.05, 0.1) is 25.9 Å². The van der Waals surface area contributed by atoms with Crippen molar-refractivity contribution < 1.29 is 19.0 Å². The van der Waals surface area contributed by atoms with Crippen molar-refractivity contribution in [3.8, 4) is 0 Å². The summed E-state index contributed by atoms with van der Waals surface area (Å²) in [4.78, 5) is 13.0. The number of Topliss-reactive ketones (excluding diaryl/α,β-unsaturated/α-hetero) is 1. The smallest absolute Gasteiger partial charge is 0.164 e. The Kier molecular flexibility index (Phi) is 7.83. The van der Waals surface area contributed by atoms with E-state index in [1.807, 2.05) is 91.0 Å². The van der Waals surface area contributed by atoms with Gasteiger partial charge in [0.1, 0.15) is 12.2 Å². The highest BCUT2D eigenvalue weighted by molar-refractivity contribution is 5.85. The fraction of sp³-hybridized carbons (Fsp3) is 0.321. The van der Waals surface area contributed by atoms with Gasteiger partial charge >= 0.3 is 0 Å². The number of ether oxygens (including phenoxy) is 3. The zero-order valence-electron chi connectivity index (χ0n) is 18.4. The minimum absolute atomic E-state index is 0.0450. The average Bonchev–Trinajstić information content (AvgIpc) is 2.83. The molecular weight excluding hydrogens is 400 g/mol. The highest BCUT2D eigenvalue weighted by Crippen LogP contribution is 2.31. The third kappa shape index (κ3) is 5.92. The Morgan fingerprint density at radius 1 is 0.625 bits per heavy atom. The molecule has 1 fully saturated rings. The van der Waals surface area contributed by atoms with Crippen LogP contribution < -0.4 is 0 Å². The van der Waals surface area contributed by atoms with Gasteiger partial charge in [-0.25, -0.2) is 0 Å². The zero-order valence-corrected chi connectivity index (χ0v) is 18.4. The molecule has 0 radical (unpaired) electrons. The molecule has 4 unspecified atom stereocenters. The lowest BCUT2D eigenvalue weighted by molar-refractivity contribution is -0.189. The molecule has 1 aliphatic carbocycles. The molecule has 166 valence electrons. The van der Waals surface area contributed by atoms with Gasteiger partial charge in [-0.15, -0.1) is 0 Å². The topological polar surface area (TPSA) is 44.8 Å². The second kappa shape index (κ2) is 11.2. The minimum Gasteiger partial charge on any atom is -0.370 e. The highest BCUT2D eigenvalue weighted by atomic mass is 16.6. The molecule has 0 bridgehead atoms. The number of rotatable bonds is 9. The maximum Gasteiger partial charge on any atom is 0.164 e. The molecule has 3 aromatic carbocycles. The Labute approximate surface area is 190 Å². The molecule has 32 heavy (non-hydrogen) atoms. The van der Waals surface area contributed by atoms with E-state index in [2.05, 4.69) is 6.92 Å². The summed E-state index contributed by atoms with van der Waals surface area (Å²) < 4.78 is 18.9. The first-order chi connectivity index (χ1) is 15.7. The molecular formula is C28H30O4. The molecule has 0 heterocycles. The van der Waals surface area contributed by atoms with Crippen LogP contribution >= 0.6 is 0 Å². The summed E-state index contributed by atoms with van der Waals surface area (Å²) in [5, 5.41) is 0. The number of benzene rings is 3. The van der Waals surface area contributed by atoms with Gasteiger partial charge in [-0.05, 0) is 22.6 Å². The monoisotopic (exact) mass is 430 g/mol. The Bertz CT molecular complexity index is 958. The molecule has 4 nitrogen and oxygen atoms in total. The summed E-state index contributed by atoms with van der Waals surface area (Å²) in [5.41, 5.74) is 3.18. The molecule has 0 aromatic heterocycles. The van der Waals surface area contributed by atoms with Crippen LogP contribution in [0.5, 0.6) is 0 Å². The molecule has 0 spiro atoms. The van der Waals surface area contributed by atoms with Crippen LogP contribution in [0, 0.1) is 5.92 Å². The number of hydrogen-bond acceptors (Lipinski definition) is 4. The molecule has 1 saturated carbocycles. The van der Waals surface area contributed by atoms with Gasteiger partial charge in [0, 0.05) is 6.42 Å². The van der Waals surface area contributed by atoms with Gasteiger partial charge in [0.15, 0.2) is 5.78 Å². The Balaban J connectivity index is 1.51. The molecule has 4 rings (SSSR count). The van der Waals surface area contributed by atoms with Crippen LogP contribution in [-0.2, 0) is 38.8 Å². The van der Waals surface area contributed by atoms with Crippen LogP contribution in [0.3, 0.4) is 0 Å². The second-order valence-electron chi connectivity index (χ2n) is 8.39. The van der Waals surface area contributed by atoms with E-state index in [1.54, 1.807) is 0 Å². The van der Waals surface area contributed by atoms with Crippen molar-refractivity contribution in [3.05, 3.63) is 108 Å². The van der Waals surface area contributed by atoms with E-state index in [1.165, 1.54) is 0 Å². The van der Waals surface area contributed by atoms with Crippen molar-refractivity contribution in [1.82, 2.24) is 0 Å². The second-order valence-corrected chi connectivity index (χ2v) is 8.39. The third-order valence-corrected chi connectivity index (χ3v) is 5.87. The van der Waals surface area contributed by atoms with Crippen LogP contribution in [-0.4, -0.2) is 24.1 Å². The highest BCUT2D eigenvalue weighted by Gasteiger charge is 2.45. The average molecular weight is 431 g/mol. The van der Waals surface area contributed by atoms with Crippen molar-refractivity contribution in [1.29, 1.82) is 0 Å². The molecule has 1 aliphatic rings. The quantitative estimate of drug-likeness (QED) is 0.459. The number of ketones is 1. The van der Waals surface area contributed by atoms with Crippen LogP contribution in [0.4, 0.5) is 0 Å². The van der Waals surface area contributed by atoms with E-state index >= 15 is 0 Å². The van der Waals surface area contributed by atoms with Gasteiger partial charge < -0.3 is 14.2 Å². The summed E-state index contributed by atoms with van der Waals surface area (Å²) >= 11 is 0. The minimum atomic E-state index is -0.657. The van der Waals surface area contributed by atoms with Crippen molar-refractivity contribution >= 4 is 5.78 Å². The van der Waals surface area contributed by atoms with E-state index in [-0.39, 0.29) is 17.8 Å². The summed E-state index contributed by atoms with van der Waals surface area (Å²) in [6, 6.07) is 30.0. The predicted molar refractivity (Wildman–Crippen MR) is 124 cm³/mol. The number of carbonyl (C=O) groups excluding carboxylic acids is 1.